The van der Waals surface area contributed by atoms with E-state index in [4.69, 9.17) is 16.2 Å². The van der Waals surface area contributed by atoms with E-state index in [9.17, 15) is 0 Å². The maximum Gasteiger partial charge on any atom is 0.0743 e. The zero-order valence-corrected chi connectivity index (χ0v) is 9.39. The van der Waals surface area contributed by atoms with Gasteiger partial charge in [0.1, 0.15) is 0 Å². The van der Waals surface area contributed by atoms with Crippen molar-refractivity contribution < 1.29 is 24.2 Å². The molecule has 0 aliphatic heterocycles. The fourth-order valence-electron chi connectivity index (χ4n) is 0.705. The van der Waals surface area contributed by atoms with Crippen LogP contribution in [0.5, 0.6) is 5.75 Å². The summed E-state index contributed by atoms with van der Waals surface area (Å²) in [4.78, 5) is 0. The number of methoxy groups -OCH3 is 1. The van der Waals surface area contributed by atoms with Crippen molar-refractivity contribution in [2.75, 3.05) is 18.6 Å². The average Bonchev–Trinajstić information content (AvgIpc) is 1.85. The van der Waals surface area contributed by atoms with E-state index in [1.807, 2.05) is 0 Å². The van der Waals surface area contributed by atoms with Gasteiger partial charge in [-0.1, -0.05) is 11.4 Å². The standard InChI is InChI=1S/C7H9N2O.Zn/c1-10-7-3-5(8)2-6(9)4-7;/h3-4H,8-9H2,1H3;/q-1;. The Balaban J connectivity index is 0.000001000. The van der Waals surface area contributed by atoms with Gasteiger partial charge in [-0.3, -0.25) is 0 Å². The molecule has 0 atom stereocenters. The summed E-state index contributed by atoms with van der Waals surface area (Å²) < 4.78 is 4.90. The normalized spacial score (nSPS) is 8.45. The topological polar surface area (TPSA) is 61.3 Å². The van der Waals surface area contributed by atoms with E-state index in [2.05, 4.69) is 6.07 Å². The first-order chi connectivity index (χ1) is 4.72. The minimum atomic E-state index is 0. The van der Waals surface area contributed by atoms with Gasteiger partial charge < -0.3 is 16.2 Å². The summed E-state index contributed by atoms with van der Waals surface area (Å²) in [6.45, 7) is 0. The van der Waals surface area contributed by atoms with Gasteiger partial charge in [-0.05, 0) is 0 Å². The number of nitrogens with two attached hydrogens (primary N) is 2. The van der Waals surface area contributed by atoms with Crippen molar-refractivity contribution in [1.82, 2.24) is 0 Å². The van der Waals surface area contributed by atoms with E-state index >= 15 is 0 Å². The Hall–Kier alpha value is -0.757. The monoisotopic (exact) mass is 201 g/mol. The van der Waals surface area contributed by atoms with Crippen LogP contribution in [0.1, 0.15) is 0 Å². The Labute approximate surface area is 78.5 Å². The Morgan fingerprint density at radius 1 is 1.27 bits per heavy atom. The van der Waals surface area contributed by atoms with Crippen molar-refractivity contribution in [3.8, 4) is 5.75 Å². The van der Waals surface area contributed by atoms with Gasteiger partial charge in [0.15, 0.2) is 0 Å². The maximum absolute atomic E-state index is 5.42. The summed E-state index contributed by atoms with van der Waals surface area (Å²) in [6.07, 6.45) is 0. The molecule has 0 radical (unpaired) electrons. The van der Waals surface area contributed by atoms with Gasteiger partial charge in [0, 0.05) is 25.2 Å². The van der Waals surface area contributed by atoms with E-state index in [-0.39, 0.29) is 19.5 Å². The van der Waals surface area contributed by atoms with Gasteiger partial charge >= 0.3 is 0 Å². The average molecular weight is 203 g/mol. The molecular formula is C7H9N2OZn-. The SMILES string of the molecule is COc1cc(N)[c-]c(N)c1.[Zn]. The minimum absolute atomic E-state index is 0. The molecule has 4 heteroatoms. The molecule has 3 nitrogen and oxygen atoms in total. The van der Waals surface area contributed by atoms with Crippen molar-refractivity contribution in [2.24, 2.45) is 0 Å². The zero-order chi connectivity index (χ0) is 7.56. The molecule has 0 spiro atoms. The first-order valence-corrected chi connectivity index (χ1v) is 2.84. The van der Waals surface area contributed by atoms with E-state index in [0.29, 0.717) is 17.1 Å². The molecule has 4 N–H and O–H groups in total. The number of benzene rings is 1. The van der Waals surface area contributed by atoms with Crippen LogP contribution in [0.4, 0.5) is 11.4 Å². The molecule has 0 saturated heterocycles. The van der Waals surface area contributed by atoms with Gasteiger partial charge in [0.2, 0.25) is 0 Å². The summed E-state index contributed by atoms with van der Waals surface area (Å²) in [5, 5.41) is 0. The minimum Gasteiger partial charge on any atom is -0.522 e. The van der Waals surface area contributed by atoms with Gasteiger partial charge in [0.05, 0.1) is 7.11 Å². The molecule has 0 aromatic heterocycles. The van der Waals surface area contributed by atoms with Crippen LogP contribution in [-0.4, -0.2) is 7.11 Å². The number of nitrogen functional groups attached to an aromatic ring is 2. The molecule has 56 valence electrons. The van der Waals surface area contributed by atoms with Crippen LogP contribution < -0.4 is 16.2 Å². The van der Waals surface area contributed by atoms with Gasteiger partial charge in [-0.25, -0.2) is 0 Å². The largest absolute Gasteiger partial charge is 0.522 e. The van der Waals surface area contributed by atoms with Crippen LogP contribution in [-0.2, 0) is 19.5 Å². The summed E-state index contributed by atoms with van der Waals surface area (Å²) in [6, 6.07) is 6.05. The predicted molar refractivity (Wildman–Crippen MR) is 40.7 cm³/mol. The van der Waals surface area contributed by atoms with Crippen molar-refractivity contribution in [2.45, 2.75) is 0 Å². The number of rotatable bonds is 1. The number of anilines is 2. The van der Waals surface area contributed by atoms with Gasteiger partial charge in [-0.15, -0.1) is 18.2 Å². The molecule has 0 bridgehead atoms. The Morgan fingerprint density at radius 3 is 2.09 bits per heavy atom. The van der Waals surface area contributed by atoms with Crippen LogP contribution in [0.25, 0.3) is 0 Å². The summed E-state index contributed by atoms with van der Waals surface area (Å²) in [5.41, 5.74) is 11.8. The second kappa shape index (κ2) is 4.19. The van der Waals surface area contributed by atoms with Crippen molar-refractivity contribution in [3.05, 3.63) is 18.2 Å². The molecule has 0 heterocycles. The van der Waals surface area contributed by atoms with E-state index < -0.39 is 0 Å². The molecule has 1 aromatic rings. The third kappa shape index (κ3) is 2.77. The van der Waals surface area contributed by atoms with Crippen LogP contribution in [0.15, 0.2) is 12.1 Å². The molecule has 0 aliphatic rings. The summed E-state index contributed by atoms with van der Waals surface area (Å²) in [5.74, 6) is 0.661. The smallest absolute Gasteiger partial charge is 0.0743 e. The molecule has 0 fully saturated rings. The number of hydrogen-bond donors (Lipinski definition) is 2. The number of hydrogen-bond acceptors (Lipinski definition) is 3. The third-order valence-electron chi connectivity index (χ3n) is 1.12. The first kappa shape index (κ1) is 10.2. The van der Waals surface area contributed by atoms with Gasteiger partial charge in [0.25, 0.3) is 0 Å². The van der Waals surface area contributed by atoms with E-state index in [1.165, 1.54) is 0 Å². The number of ether oxygens (including phenoxy) is 1. The first-order valence-electron chi connectivity index (χ1n) is 2.84. The van der Waals surface area contributed by atoms with Gasteiger partial charge in [-0.2, -0.15) is 0 Å². The Kier molecular flexibility index (Phi) is 3.90. The maximum atomic E-state index is 5.42. The van der Waals surface area contributed by atoms with Crippen LogP contribution in [0.3, 0.4) is 0 Å². The summed E-state index contributed by atoms with van der Waals surface area (Å²) >= 11 is 0. The molecule has 0 unspecified atom stereocenters. The molecular weight excluding hydrogens is 193 g/mol. The fraction of sp³-hybridized carbons (Fsp3) is 0.143. The van der Waals surface area contributed by atoms with Crippen LogP contribution in [0, 0.1) is 6.07 Å². The van der Waals surface area contributed by atoms with Crippen molar-refractivity contribution >= 4 is 11.4 Å². The Bertz CT molecular complexity index is 220. The molecule has 0 saturated carbocycles. The van der Waals surface area contributed by atoms with Crippen molar-refractivity contribution in [1.29, 1.82) is 0 Å². The quantitative estimate of drug-likeness (QED) is 0.400. The van der Waals surface area contributed by atoms with Crippen LogP contribution >= 0.6 is 0 Å². The summed E-state index contributed by atoms with van der Waals surface area (Å²) in [7, 11) is 1.56. The zero-order valence-electron chi connectivity index (χ0n) is 6.42. The fourth-order valence-corrected chi connectivity index (χ4v) is 0.705. The molecule has 1 rings (SSSR count). The third-order valence-corrected chi connectivity index (χ3v) is 1.12. The molecule has 1 aromatic carbocycles. The molecule has 11 heavy (non-hydrogen) atoms. The predicted octanol–water partition coefficient (Wildman–Crippen LogP) is 0.657. The molecule has 0 amide bonds. The molecule has 0 aliphatic carbocycles. The van der Waals surface area contributed by atoms with Crippen LogP contribution in [0.2, 0.25) is 0 Å². The van der Waals surface area contributed by atoms with E-state index in [0.717, 1.165) is 0 Å². The second-order valence-corrected chi connectivity index (χ2v) is 1.93. The van der Waals surface area contributed by atoms with E-state index in [1.54, 1.807) is 19.2 Å². The van der Waals surface area contributed by atoms with Crippen molar-refractivity contribution in [3.63, 3.8) is 0 Å². The Morgan fingerprint density at radius 2 is 1.73 bits per heavy atom. The second-order valence-electron chi connectivity index (χ2n) is 1.93.